The van der Waals surface area contributed by atoms with Crippen LogP contribution in [0.2, 0.25) is 0 Å². The van der Waals surface area contributed by atoms with Gasteiger partial charge in [0.1, 0.15) is 5.76 Å². The molecule has 0 unspecified atom stereocenters. The zero-order valence-electron chi connectivity index (χ0n) is 12.8. The molecule has 22 heavy (non-hydrogen) atoms. The van der Waals surface area contributed by atoms with Crippen LogP contribution >= 0.6 is 0 Å². The molecule has 2 heterocycles. The third-order valence-corrected chi connectivity index (χ3v) is 4.09. The van der Waals surface area contributed by atoms with Crippen LogP contribution in [0.3, 0.4) is 0 Å². The number of benzene rings is 1. The summed E-state index contributed by atoms with van der Waals surface area (Å²) in [6, 6.07) is 12.3. The Hall–Kier alpha value is -2.23. The van der Waals surface area contributed by atoms with Crippen LogP contribution in [-0.4, -0.2) is 19.0 Å². The first-order valence-electron chi connectivity index (χ1n) is 7.94. The van der Waals surface area contributed by atoms with E-state index < -0.39 is 0 Å². The maximum atomic E-state index is 11.8. The zero-order valence-corrected chi connectivity index (χ0v) is 12.8. The summed E-state index contributed by atoms with van der Waals surface area (Å²) in [6.07, 6.45) is 5.46. The molecule has 0 saturated carbocycles. The monoisotopic (exact) mass is 298 g/mol. The van der Waals surface area contributed by atoms with E-state index in [0.29, 0.717) is 13.0 Å². The molecule has 1 fully saturated rings. The number of carbonyl (C=O) groups is 1. The van der Waals surface area contributed by atoms with Crippen molar-refractivity contribution < 1.29 is 9.21 Å². The van der Waals surface area contributed by atoms with E-state index in [1.54, 1.807) is 6.26 Å². The van der Waals surface area contributed by atoms with Crippen molar-refractivity contribution in [3.8, 4) is 0 Å². The molecule has 1 amide bonds. The summed E-state index contributed by atoms with van der Waals surface area (Å²) in [4.78, 5) is 14.2. The molecule has 0 spiro atoms. The quantitative estimate of drug-likeness (QED) is 0.891. The lowest BCUT2D eigenvalue weighted by atomic mass is 10.1. The number of hydrogen-bond donors (Lipinski definition) is 1. The highest BCUT2D eigenvalue weighted by molar-refractivity contribution is 5.76. The molecule has 1 aromatic carbocycles. The third-order valence-electron chi connectivity index (χ3n) is 4.09. The first kappa shape index (κ1) is 14.7. The first-order chi connectivity index (χ1) is 10.8. The van der Waals surface area contributed by atoms with E-state index in [4.69, 9.17) is 4.42 Å². The fraction of sp³-hybridized carbons (Fsp3) is 0.389. The smallest absolute Gasteiger partial charge is 0.220 e. The van der Waals surface area contributed by atoms with Gasteiger partial charge in [0.25, 0.3) is 0 Å². The van der Waals surface area contributed by atoms with Crippen LogP contribution in [0.15, 0.2) is 47.1 Å². The molecule has 0 aliphatic carbocycles. The number of furan rings is 1. The van der Waals surface area contributed by atoms with E-state index in [9.17, 15) is 4.79 Å². The van der Waals surface area contributed by atoms with Crippen LogP contribution in [0.5, 0.6) is 0 Å². The van der Waals surface area contributed by atoms with E-state index >= 15 is 0 Å². The standard InChI is InChI=1S/C18H22N2O2/c21-18(19-14-17-4-3-13-22-17)10-7-15-5-8-16(9-6-15)20-11-1-2-12-20/h3-6,8-9,13H,1-2,7,10-12,14H2,(H,19,21). The fourth-order valence-corrected chi connectivity index (χ4v) is 2.79. The molecule has 1 saturated heterocycles. The minimum atomic E-state index is 0.0556. The molecular formula is C18H22N2O2. The SMILES string of the molecule is O=C(CCc1ccc(N2CCCC2)cc1)NCc1ccco1. The Morgan fingerprint density at radius 2 is 1.91 bits per heavy atom. The van der Waals surface area contributed by atoms with Crippen molar-refractivity contribution in [2.75, 3.05) is 18.0 Å². The van der Waals surface area contributed by atoms with Crippen LogP contribution in [0.4, 0.5) is 5.69 Å². The van der Waals surface area contributed by atoms with Gasteiger partial charge in [0, 0.05) is 25.2 Å². The molecule has 2 aromatic rings. The van der Waals surface area contributed by atoms with Gasteiger partial charge in [-0.1, -0.05) is 12.1 Å². The second-order valence-corrected chi connectivity index (χ2v) is 5.72. The molecule has 1 aromatic heterocycles. The van der Waals surface area contributed by atoms with Gasteiger partial charge in [-0.15, -0.1) is 0 Å². The highest BCUT2D eigenvalue weighted by Gasteiger charge is 2.11. The van der Waals surface area contributed by atoms with Gasteiger partial charge in [-0.05, 0) is 49.1 Å². The zero-order chi connectivity index (χ0) is 15.2. The fourth-order valence-electron chi connectivity index (χ4n) is 2.79. The Kier molecular flexibility index (Phi) is 4.78. The number of nitrogens with one attached hydrogen (secondary N) is 1. The van der Waals surface area contributed by atoms with Gasteiger partial charge in [0.2, 0.25) is 5.91 Å². The lowest BCUT2D eigenvalue weighted by molar-refractivity contribution is -0.121. The Bertz CT molecular complexity index is 584. The molecule has 3 rings (SSSR count). The number of nitrogens with zero attached hydrogens (tertiary/aromatic N) is 1. The number of rotatable bonds is 6. The molecule has 116 valence electrons. The predicted molar refractivity (Wildman–Crippen MR) is 86.8 cm³/mol. The summed E-state index contributed by atoms with van der Waals surface area (Å²) in [7, 11) is 0. The largest absolute Gasteiger partial charge is 0.467 e. The van der Waals surface area contributed by atoms with Crippen molar-refractivity contribution in [3.05, 3.63) is 54.0 Å². The normalized spacial score (nSPS) is 14.3. The van der Waals surface area contributed by atoms with Gasteiger partial charge >= 0.3 is 0 Å². The van der Waals surface area contributed by atoms with Crippen molar-refractivity contribution in [1.29, 1.82) is 0 Å². The van der Waals surface area contributed by atoms with Gasteiger partial charge in [0.05, 0.1) is 12.8 Å². The second-order valence-electron chi connectivity index (χ2n) is 5.72. The Balaban J connectivity index is 1.43. The van der Waals surface area contributed by atoms with E-state index in [2.05, 4.69) is 34.5 Å². The van der Waals surface area contributed by atoms with Crippen molar-refractivity contribution in [3.63, 3.8) is 0 Å². The van der Waals surface area contributed by atoms with Crippen LogP contribution < -0.4 is 10.2 Å². The van der Waals surface area contributed by atoms with Crippen LogP contribution in [0.25, 0.3) is 0 Å². The minimum Gasteiger partial charge on any atom is -0.467 e. The average Bonchev–Trinajstić information content (AvgIpc) is 3.24. The Labute approximate surface area is 131 Å². The summed E-state index contributed by atoms with van der Waals surface area (Å²) >= 11 is 0. The van der Waals surface area contributed by atoms with Crippen LogP contribution in [-0.2, 0) is 17.8 Å². The highest BCUT2D eigenvalue weighted by atomic mass is 16.3. The molecule has 4 nitrogen and oxygen atoms in total. The number of amides is 1. The second kappa shape index (κ2) is 7.16. The topological polar surface area (TPSA) is 45.5 Å². The number of aryl methyl sites for hydroxylation is 1. The van der Waals surface area contributed by atoms with Gasteiger partial charge < -0.3 is 14.6 Å². The molecule has 1 aliphatic heterocycles. The summed E-state index contributed by atoms with van der Waals surface area (Å²) in [5.74, 6) is 0.836. The van der Waals surface area contributed by atoms with E-state index in [0.717, 1.165) is 25.3 Å². The Morgan fingerprint density at radius 3 is 2.59 bits per heavy atom. The van der Waals surface area contributed by atoms with Crippen LogP contribution in [0, 0.1) is 0 Å². The van der Waals surface area contributed by atoms with E-state index in [1.807, 2.05) is 12.1 Å². The Morgan fingerprint density at radius 1 is 1.14 bits per heavy atom. The summed E-state index contributed by atoms with van der Waals surface area (Å²) in [5, 5.41) is 2.87. The molecule has 0 atom stereocenters. The van der Waals surface area contributed by atoms with Gasteiger partial charge in [-0.25, -0.2) is 0 Å². The molecule has 0 bridgehead atoms. The molecular weight excluding hydrogens is 276 g/mol. The predicted octanol–water partition coefficient (Wildman–Crippen LogP) is 3.13. The van der Waals surface area contributed by atoms with Gasteiger partial charge in [-0.3, -0.25) is 4.79 Å². The van der Waals surface area contributed by atoms with Crippen molar-refractivity contribution >= 4 is 11.6 Å². The first-order valence-corrected chi connectivity index (χ1v) is 7.94. The minimum absolute atomic E-state index is 0.0556. The van der Waals surface area contributed by atoms with Gasteiger partial charge in [-0.2, -0.15) is 0 Å². The average molecular weight is 298 g/mol. The lowest BCUT2D eigenvalue weighted by Gasteiger charge is -2.17. The summed E-state index contributed by atoms with van der Waals surface area (Å²) in [5.41, 5.74) is 2.50. The number of carbonyl (C=O) groups excluding carboxylic acids is 1. The van der Waals surface area contributed by atoms with Crippen molar-refractivity contribution in [2.45, 2.75) is 32.2 Å². The number of hydrogen-bond acceptors (Lipinski definition) is 3. The molecule has 0 radical (unpaired) electrons. The maximum Gasteiger partial charge on any atom is 0.220 e. The van der Waals surface area contributed by atoms with Crippen LogP contribution in [0.1, 0.15) is 30.6 Å². The van der Waals surface area contributed by atoms with Crippen molar-refractivity contribution in [1.82, 2.24) is 5.32 Å². The van der Waals surface area contributed by atoms with E-state index in [1.165, 1.54) is 24.1 Å². The third kappa shape index (κ3) is 3.91. The molecule has 1 aliphatic rings. The maximum absolute atomic E-state index is 11.8. The van der Waals surface area contributed by atoms with Crippen molar-refractivity contribution in [2.24, 2.45) is 0 Å². The summed E-state index contributed by atoms with van der Waals surface area (Å²) < 4.78 is 5.19. The number of anilines is 1. The highest BCUT2D eigenvalue weighted by Crippen LogP contribution is 2.20. The lowest BCUT2D eigenvalue weighted by Crippen LogP contribution is -2.22. The van der Waals surface area contributed by atoms with Gasteiger partial charge in [0.15, 0.2) is 0 Å². The molecule has 4 heteroatoms. The molecule has 1 N–H and O–H groups in total. The van der Waals surface area contributed by atoms with E-state index in [-0.39, 0.29) is 5.91 Å². The summed E-state index contributed by atoms with van der Waals surface area (Å²) in [6.45, 7) is 2.78.